The van der Waals surface area contributed by atoms with Crippen molar-refractivity contribution in [3.63, 3.8) is 0 Å². The van der Waals surface area contributed by atoms with Gasteiger partial charge in [0.15, 0.2) is 0 Å². The molecule has 0 aromatic carbocycles. The van der Waals surface area contributed by atoms with Crippen molar-refractivity contribution < 1.29 is 14.7 Å². The first-order valence-corrected chi connectivity index (χ1v) is 6.36. The van der Waals surface area contributed by atoms with E-state index >= 15 is 0 Å². The lowest BCUT2D eigenvalue weighted by Gasteiger charge is -2.23. The molecule has 0 rings (SSSR count). The van der Waals surface area contributed by atoms with Crippen LogP contribution in [-0.2, 0) is 9.59 Å². The largest absolute Gasteiger partial charge is 0.481 e. The molecule has 0 atom stereocenters. The first-order chi connectivity index (χ1) is 8.23. The molecule has 0 radical (unpaired) electrons. The molecule has 1 amide bonds. The molecule has 0 saturated carbocycles. The molecule has 0 fully saturated rings. The lowest BCUT2D eigenvalue weighted by Crippen LogP contribution is -2.30. The van der Waals surface area contributed by atoms with E-state index in [2.05, 4.69) is 5.32 Å². The van der Waals surface area contributed by atoms with Crippen molar-refractivity contribution in [1.29, 1.82) is 0 Å². The summed E-state index contributed by atoms with van der Waals surface area (Å²) in [5, 5.41) is 11.5. The Morgan fingerprint density at radius 1 is 1.17 bits per heavy atom. The summed E-state index contributed by atoms with van der Waals surface area (Å²) in [4.78, 5) is 23.9. The Morgan fingerprint density at radius 2 is 1.78 bits per heavy atom. The summed E-state index contributed by atoms with van der Waals surface area (Å²) < 4.78 is 0. The Kier molecular flexibility index (Phi) is 7.59. The highest BCUT2D eigenvalue weighted by atomic mass is 16.4. The molecule has 0 aliphatic heterocycles. The smallest absolute Gasteiger partial charge is 0.303 e. The molecule has 2 N–H and O–H groups in total. The molecule has 0 aliphatic carbocycles. The molecule has 0 spiro atoms. The van der Waals surface area contributed by atoms with Crippen molar-refractivity contribution in [3.8, 4) is 0 Å². The molecule has 0 unspecified atom stereocenters. The van der Waals surface area contributed by atoms with Crippen LogP contribution in [0.1, 0.15) is 39.5 Å². The van der Waals surface area contributed by atoms with Crippen LogP contribution in [0.2, 0.25) is 0 Å². The molecular formula is C13H26N2O3. The normalized spacial score (nSPS) is 11.6. The fraction of sp³-hybridized carbons (Fsp3) is 0.846. The maximum Gasteiger partial charge on any atom is 0.303 e. The third-order valence-electron chi connectivity index (χ3n) is 2.93. The molecular weight excluding hydrogens is 232 g/mol. The Bertz CT molecular complexity index is 275. The fourth-order valence-corrected chi connectivity index (χ4v) is 1.52. The summed E-state index contributed by atoms with van der Waals surface area (Å²) in [6, 6.07) is 0. The number of hydrogen-bond acceptors (Lipinski definition) is 3. The number of carbonyl (C=O) groups is 2. The van der Waals surface area contributed by atoms with Gasteiger partial charge in [0.05, 0.1) is 0 Å². The summed E-state index contributed by atoms with van der Waals surface area (Å²) >= 11 is 0. The van der Waals surface area contributed by atoms with E-state index in [-0.39, 0.29) is 17.7 Å². The topological polar surface area (TPSA) is 69.6 Å². The van der Waals surface area contributed by atoms with Crippen LogP contribution in [-0.4, -0.2) is 49.1 Å². The van der Waals surface area contributed by atoms with Crippen molar-refractivity contribution in [1.82, 2.24) is 10.2 Å². The first kappa shape index (κ1) is 16.9. The maximum absolute atomic E-state index is 11.5. The highest BCUT2D eigenvalue weighted by molar-refractivity contribution is 5.76. The maximum atomic E-state index is 11.5. The first-order valence-electron chi connectivity index (χ1n) is 6.36. The highest BCUT2D eigenvalue weighted by Gasteiger charge is 2.19. The van der Waals surface area contributed by atoms with Crippen molar-refractivity contribution in [2.75, 3.05) is 27.2 Å². The lowest BCUT2D eigenvalue weighted by atomic mass is 9.84. The minimum absolute atomic E-state index is 0.0484. The lowest BCUT2D eigenvalue weighted by molar-refractivity contribution is -0.137. The van der Waals surface area contributed by atoms with Gasteiger partial charge >= 0.3 is 5.97 Å². The van der Waals surface area contributed by atoms with Crippen LogP contribution in [0.4, 0.5) is 0 Å². The van der Waals surface area contributed by atoms with Gasteiger partial charge in [0, 0.05) is 25.9 Å². The van der Waals surface area contributed by atoms with Gasteiger partial charge in [0.25, 0.3) is 0 Å². The second-order valence-corrected chi connectivity index (χ2v) is 5.71. The van der Waals surface area contributed by atoms with E-state index in [1.807, 2.05) is 32.8 Å². The van der Waals surface area contributed by atoms with E-state index < -0.39 is 5.97 Å². The Morgan fingerprint density at radius 3 is 2.28 bits per heavy atom. The number of aliphatic carboxylic acids is 1. The zero-order valence-electron chi connectivity index (χ0n) is 12.0. The van der Waals surface area contributed by atoms with Gasteiger partial charge in [-0.15, -0.1) is 0 Å². The summed E-state index contributed by atoms with van der Waals surface area (Å²) in [6.45, 7) is 5.41. The number of carboxylic acid groups (broad SMARTS) is 1. The molecule has 0 saturated heterocycles. The van der Waals surface area contributed by atoms with E-state index in [1.165, 1.54) is 0 Å². The van der Waals surface area contributed by atoms with Gasteiger partial charge in [-0.3, -0.25) is 9.59 Å². The average Bonchev–Trinajstić information content (AvgIpc) is 2.23. The number of hydrogen-bond donors (Lipinski definition) is 2. The molecule has 0 aliphatic rings. The van der Waals surface area contributed by atoms with Crippen LogP contribution in [0.3, 0.4) is 0 Å². The Labute approximate surface area is 110 Å². The van der Waals surface area contributed by atoms with E-state index in [0.29, 0.717) is 19.4 Å². The number of amides is 1. The molecule has 0 aromatic heterocycles. The molecule has 106 valence electrons. The van der Waals surface area contributed by atoms with Crippen LogP contribution in [0.25, 0.3) is 0 Å². The zero-order valence-corrected chi connectivity index (χ0v) is 12.0. The number of nitrogens with one attached hydrogen (secondary N) is 1. The van der Waals surface area contributed by atoms with Crippen molar-refractivity contribution >= 4 is 11.9 Å². The van der Waals surface area contributed by atoms with Crippen molar-refractivity contribution in [2.45, 2.75) is 39.5 Å². The van der Waals surface area contributed by atoms with Gasteiger partial charge in [-0.2, -0.15) is 0 Å². The van der Waals surface area contributed by atoms with Crippen LogP contribution in [0.15, 0.2) is 0 Å². The molecule has 0 heterocycles. The number of rotatable bonds is 9. The standard InChI is InChI=1S/C13H26N2O3/c1-13(2,7-5-12(17)18)8-9-14-11(16)6-10-15(3)4/h5-10H2,1-4H3,(H,14,16)(H,17,18). The average molecular weight is 258 g/mol. The van der Waals surface area contributed by atoms with Crippen LogP contribution < -0.4 is 5.32 Å². The highest BCUT2D eigenvalue weighted by Crippen LogP contribution is 2.25. The van der Waals surface area contributed by atoms with Crippen molar-refractivity contribution in [2.24, 2.45) is 5.41 Å². The zero-order chi connectivity index (χ0) is 14.2. The molecule has 5 nitrogen and oxygen atoms in total. The molecule has 5 heteroatoms. The Hall–Kier alpha value is -1.10. The van der Waals surface area contributed by atoms with Crippen LogP contribution in [0.5, 0.6) is 0 Å². The quantitative estimate of drug-likeness (QED) is 0.654. The SMILES string of the molecule is CN(C)CCC(=O)NCCC(C)(C)CCC(=O)O. The molecule has 0 aromatic rings. The van der Waals surface area contributed by atoms with Gasteiger partial charge in [-0.25, -0.2) is 0 Å². The monoisotopic (exact) mass is 258 g/mol. The van der Waals surface area contributed by atoms with E-state index in [9.17, 15) is 9.59 Å². The number of carboxylic acids is 1. The van der Waals surface area contributed by atoms with Gasteiger partial charge in [-0.1, -0.05) is 13.8 Å². The summed E-state index contributed by atoms with van der Waals surface area (Å²) in [5.74, 6) is -0.712. The second kappa shape index (κ2) is 8.08. The van der Waals surface area contributed by atoms with E-state index in [0.717, 1.165) is 13.0 Å². The third kappa shape index (κ3) is 10.1. The fourth-order valence-electron chi connectivity index (χ4n) is 1.52. The predicted molar refractivity (Wildman–Crippen MR) is 71.4 cm³/mol. The molecule has 18 heavy (non-hydrogen) atoms. The Balaban J connectivity index is 3.74. The van der Waals surface area contributed by atoms with Crippen molar-refractivity contribution in [3.05, 3.63) is 0 Å². The minimum atomic E-state index is -0.766. The van der Waals surface area contributed by atoms with Gasteiger partial charge < -0.3 is 15.3 Å². The van der Waals surface area contributed by atoms with Crippen LogP contribution >= 0.6 is 0 Å². The minimum Gasteiger partial charge on any atom is -0.481 e. The van der Waals surface area contributed by atoms with E-state index in [4.69, 9.17) is 5.11 Å². The number of carbonyl (C=O) groups excluding carboxylic acids is 1. The van der Waals surface area contributed by atoms with Gasteiger partial charge in [0.2, 0.25) is 5.91 Å². The summed E-state index contributed by atoms with van der Waals surface area (Å²) in [6.07, 6.45) is 2.12. The van der Waals surface area contributed by atoms with Crippen LogP contribution in [0, 0.1) is 5.41 Å². The summed E-state index contributed by atoms with van der Waals surface area (Å²) in [7, 11) is 3.87. The third-order valence-corrected chi connectivity index (χ3v) is 2.93. The summed E-state index contributed by atoms with van der Waals surface area (Å²) in [5.41, 5.74) is -0.0484. The second-order valence-electron chi connectivity index (χ2n) is 5.71. The molecule has 0 bridgehead atoms. The number of nitrogens with zero attached hydrogens (tertiary/aromatic N) is 1. The van der Waals surface area contributed by atoms with E-state index in [1.54, 1.807) is 0 Å². The van der Waals surface area contributed by atoms with Gasteiger partial charge in [0.1, 0.15) is 0 Å². The predicted octanol–water partition coefficient (Wildman–Crippen LogP) is 1.34. The van der Waals surface area contributed by atoms with Gasteiger partial charge in [-0.05, 0) is 32.4 Å².